The summed E-state index contributed by atoms with van der Waals surface area (Å²) in [6.07, 6.45) is 0. The van der Waals surface area contributed by atoms with E-state index < -0.39 is 12.0 Å². The van der Waals surface area contributed by atoms with Crippen LogP contribution in [0.25, 0.3) is 0 Å². The molecule has 1 aliphatic rings. The van der Waals surface area contributed by atoms with E-state index in [1.54, 1.807) is 0 Å². The monoisotopic (exact) mass is 154 g/mol. The van der Waals surface area contributed by atoms with E-state index in [2.05, 4.69) is 10.6 Å². The molecule has 0 bridgehead atoms. The van der Waals surface area contributed by atoms with Crippen LogP contribution < -0.4 is 40.2 Å². The number of hydrogen-bond donors (Lipinski definition) is 3. The van der Waals surface area contributed by atoms with Gasteiger partial charge in [0.2, 0.25) is 0 Å². The van der Waals surface area contributed by atoms with Gasteiger partial charge in [-0.25, -0.2) is 0 Å². The average Bonchev–Trinajstić information content (AvgIpc) is 1.90. The summed E-state index contributed by atoms with van der Waals surface area (Å²) in [7, 11) is 0. The van der Waals surface area contributed by atoms with Crippen LogP contribution in [0.5, 0.6) is 0 Å². The van der Waals surface area contributed by atoms with Crippen molar-refractivity contribution in [2.75, 3.05) is 19.6 Å². The third-order valence-corrected chi connectivity index (χ3v) is 1.34. The second-order valence-electron chi connectivity index (χ2n) is 2.05. The van der Waals surface area contributed by atoms with E-state index in [0.717, 1.165) is 13.1 Å². The molecule has 1 fully saturated rings. The molecule has 4 nitrogen and oxygen atoms in total. The number of hydrogen-bond acceptors (Lipinski definition) is 3. The van der Waals surface area contributed by atoms with Crippen molar-refractivity contribution in [3.05, 3.63) is 0 Å². The van der Waals surface area contributed by atoms with Crippen LogP contribution in [0.1, 0.15) is 1.43 Å². The van der Waals surface area contributed by atoms with Crippen molar-refractivity contribution >= 4 is 5.97 Å². The first-order valence-corrected chi connectivity index (χ1v) is 2.97. The van der Waals surface area contributed by atoms with Gasteiger partial charge in [0.25, 0.3) is 0 Å². The van der Waals surface area contributed by atoms with E-state index in [0.29, 0.717) is 6.54 Å². The molecule has 0 amide bonds. The Balaban J connectivity index is 0. The molecule has 54 valence electrons. The number of piperazine rings is 1. The second-order valence-corrected chi connectivity index (χ2v) is 2.05. The van der Waals surface area contributed by atoms with Crippen molar-refractivity contribution in [3.8, 4) is 0 Å². The van der Waals surface area contributed by atoms with Gasteiger partial charge < -0.3 is 17.2 Å². The zero-order valence-electron chi connectivity index (χ0n) is 7.05. The quantitative estimate of drug-likeness (QED) is 0.335. The van der Waals surface area contributed by atoms with Crippen LogP contribution in [0.15, 0.2) is 0 Å². The first-order valence-electron chi connectivity index (χ1n) is 2.97. The first-order chi connectivity index (χ1) is 4.30. The van der Waals surface area contributed by atoms with Crippen LogP contribution in [0.3, 0.4) is 0 Å². The summed E-state index contributed by atoms with van der Waals surface area (Å²) in [6, 6.07) is -0.390. The molecule has 0 spiro atoms. The normalized spacial score (nSPS) is 25.0. The molecular weight excluding hydrogens is 143 g/mol. The van der Waals surface area contributed by atoms with E-state index in [-0.39, 0.29) is 31.0 Å². The van der Waals surface area contributed by atoms with Crippen LogP contribution in [-0.2, 0) is 4.79 Å². The predicted octanol–water partition coefficient (Wildman–Crippen LogP) is -4.25. The molecule has 5 heteroatoms. The molecule has 0 aliphatic carbocycles. The molecular formula is C5H11N2NaO2. The topological polar surface area (TPSA) is 61.4 Å². The zero-order chi connectivity index (χ0) is 6.69. The van der Waals surface area contributed by atoms with Gasteiger partial charge in [0.1, 0.15) is 6.04 Å². The van der Waals surface area contributed by atoms with Gasteiger partial charge in [-0.15, -0.1) is 0 Å². The third kappa shape index (κ3) is 2.98. The SMILES string of the molecule is O=C(O)C1CNCCN1.[H-].[Na+]. The Morgan fingerprint density at radius 2 is 2.30 bits per heavy atom. The minimum absolute atomic E-state index is 0. The van der Waals surface area contributed by atoms with Crippen molar-refractivity contribution < 1.29 is 40.9 Å². The van der Waals surface area contributed by atoms with Gasteiger partial charge in [0, 0.05) is 19.6 Å². The summed E-state index contributed by atoms with van der Waals surface area (Å²) in [5, 5.41) is 14.3. The molecule has 0 radical (unpaired) electrons. The minimum atomic E-state index is -0.776. The molecule has 0 saturated carbocycles. The van der Waals surface area contributed by atoms with Gasteiger partial charge in [-0.05, 0) is 0 Å². The number of carbonyl (C=O) groups is 1. The van der Waals surface area contributed by atoms with Crippen LogP contribution in [0.4, 0.5) is 0 Å². The van der Waals surface area contributed by atoms with E-state index in [1.807, 2.05) is 0 Å². The van der Waals surface area contributed by atoms with E-state index in [4.69, 9.17) is 5.11 Å². The molecule has 1 unspecified atom stereocenters. The Hall–Kier alpha value is 0.390. The second kappa shape index (κ2) is 5.09. The largest absolute Gasteiger partial charge is 1.00 e. The predicted molar refractivity (Wildman–Crippen MR) is 33.4 cm³/mol. The zero-order valence-corrected chi connectivity index (χ0v) is 8.05. The fourth-order valence-electron chi connectivity index (χ4n) is 0.828. The van der Waals surface area contributed by atoms with E-state index >= 15 is 0 Å². The smallest absolute Gasteiger partial charge is 1.00 e. The Kier molecular flexibility index (Phi) is 5.29. The first kappa shape index (κ1) is 10.4. The minimum Gasteiger partial charge on any atom is -1.00 e. The van der Waals surface area contributed by atoms with Crippen molar-refractivity contribution in [3.63, 3.8) is 0 Å². The number of carboxylic acid groups (broad SMARTS) is 1. The van der Waals surface area contributed by atoms with Crippen LogP contribution in [0.2, 0.25) is 0 Å². The van der Waals surface area contributed by atoms with Crippen molar-refractivity contribution in [1.29, 1.82) is 0 Å². The molecule has 0 aromatic heterocycles. The molecule has 1 heterocycles. The Labute approximate surface area is 83.1 Å². The van der Waals surface area contributed by atoms with Crippen molar-refractivity contribution in [2.45, 2.75) is 6.04 Å². The summed E-state index contributed by atoms with van der Waals surface area (Å²) in [6.45, 7) is 2.15. The average molecular weight is 154 g/mol. The Bertz CT molecular complexity index is 119. The summed E-state index contributed by atoms with van der Waals surface area (Å²) in [5.41, 5.74) is 0. The number of nitrogens with one attached hydrogen (secondary N) is 2. The summed E-state index contributed by atoms with van der Waals surface area (Å²) in [5.74, 6) is -0.776. The van der Waals surface area contributed by atoms with Crippen molar-refractivity contribution in [1.82, 2.24) is 10.6 Å². The van der Waals surface area contributed by atoms with Crippen LogP contribution >= 0.6 is 0 Å². The standard InChI is InChI=1S/C5H10N2O2.Na.H/c8-5(9)4-3-6-1-2-7-4;;/h4,6-7H,1-3H2,(H,8,9);;/q;+1;-1. The fourth-order valence-corrected chi connectivity index (χ4v) is 0.828. The maximum atomic E-state index is 10.3. The van der Waals surface area contributed by atoms with E-state index in [9.17, 15) is 4.79 Å². The molecule has 1 saturated heterocycles. The van der Waals surface area contributed by atoms with Gasteiger partial charge in [-0.1, -0.05) is 0 Å². The van der Waals surface area contributed by atoms with Gasteiger partial charge in [-0.3, -0.25) is 4.79 Å². The maximum absolute atomic E-state index is 10.3. The molecule has 10 heavy (non-hydrogen) atoms. The molecule has 3 N–H and O–H groups in total. The van der Waals surface area contributed by atoms with Gasteiger partial charge in [0.15, 0.2) is 0 Å². The molecule has 0 aromatic carbocycles. The Morgan fingerprint density at radius 3 is 2.60 bits per heavy atom. The summed E-state index contributed by atoms with van der Waals surface area (Å²) >= 11 is 0. The number of carboxylic acids is 1. The molecule has 0 aromatic rings. The van der Waals surface area contributed by atoms with Gasteiger partial charge >= 0.3 is 35.5 Å². The summed E-state index contributed by atoms with van der Waals surface area (Å²) in [4.78, 5) is 10.3. The van der Waals surface area contributed by atoms with Gasteiger partial charge in [-0.2, -0.15) is 0 Å². The molecule has 1 rings (SSSR count). The molecule has 1 aliphatic heterocycles. The number of rotatable bonds is 1. The Morgan fingerprint density at radius 1 is 1.60 bits per heavy atom. The molecule has 1 atom stereocenters. The maximum Gasteiger partial charge on any atom is 1.00 e. The third-order valence-electron chi connectivity index (χ3n) is 1.34. The van der Waals surface area contributed by atoms with Crippen LogP contribution in [-0.4, -0.2) is 36.8 Å². The van der Waals surface area contributed by atoms with Gasteiger partial charge in [0.05, 0.1) is 0 Å². The van der Waals surface area contributed by atoms with Crippen LogP contribution in [0, 0.1) is 0 Å². The number of aliphatic carboxylic acids is 1. The van der Waals surface area contributed by atoms with E-state index in [1.165, 1.54) is 0 Å². The van der Waals surface area contributed by atoms with Crippen molar-refractivity contribution in [2.24, 2.45) is 0 Å². The summed E-state index contributed by atoms with van der Waals surface area (Å²) < 4.78 is 0. The fraction of sp³-hybridized carbons (Fsp3) is 0.800.